The van der Waals surface area contributed by atoms with Gasteiger partial charge in [-0.15, -0.1) is 0 Å². The van der Waals surface area contributed by atoms with Crippen molar-refractivity contribution in [1.29, 1.82) is 0 Å². The molecule has 0 saturated heterocycles. The summed E-state index contributed by atoms with van der Waals surface area (Å²) in [6, 6.07) is 8.45. The molecule has 4 heteroatoms. The zero-order valence-electron chi connectivity index (χ0n) is 9.14. The Labute approximate surface area is 96.5 Å². The Morgan fingerprint density at radius 1 is 1.29 bits per heavy atom. The lowest BCUT2D eigenvalue weighted by molar-refractivity contribution is 0.101. The van der Waals surface area contributed by atoms with Crippen molar-refractivity contribution in [3.05, 3.63) is 48.0 Å². The minimum atomic E-state index is -0.319. The first-order valence-corrected chi connectivity index (χ1v) is 5.24. The summed E-state index contributed by atoms with van der Waals surface area (Å²) < 4.78 is 15.4. The molecule has 1 aromatic carbocycles. The molecule has 3 nitrogen and oxygen atoms in total. The number of pyridine rings is 1. The van der Waals surface area contributed by atoms with E-state index in [2.05, 4.69) is 4.98 Å². The van der Waals surface area contributed by atoms with Gasteiger partial charge < -0.3 is 0 Å². The molecular weight excluding hydrogens is 219 g/mol. The van der Waals surface area contributed by atoms with Crippen LogP contribution in [0.25, 0.3) is 16.6 Å². The van der Waals surface area contributed by atoms with Crippen LogP contribution in [0.4, 0.5) is 4.39 Å². The third-order valence-electron chi connectivity index (χ3n) is 2.76. The Balaban J connectivity index is 2.50. The molecule has 84 valence electrons. The zero-order chi connectivity index (χ0) is 12.0. The SMILES string of the molecule is CC(=O)c1cn2c(ccc3cccc(F)c32)n1. The van der Waals surface area contributed by atoms with E-state index in [0.29, 0.717) is 16.9 Å². The smallest absolute Gasteiger partial charge is 0.179 e. The number of nitrogens with zero attached hydrogens (tertiary/aromatic N) is 2. The van der Waals surface area contributed by atoms with Crippen LogP contribution in [-0.2, 0) is 0 Å². The molecule has 0 atom stereocenters. The number of para-hydroxylation sites is 1. The number of carbonyl (C=O) groups is 1. The van der Waals surface area contributed by atoms with Crippen molar-refractivity contribution in [2.75, 3.05) is 0 Å². The van der Waals surface area contributed by atoms with Crippen LogP contribution < -0.4 is 0 Å². The minimum absolute atomic E-state index is 0.127. The minimum Gasteiger partial charge on any atom is -0.296 e. The number of imidazole rings is 1. The average Bonchev–Trinajstić information content (AvgIpc) is 2.73. The maximum Gasteiger partial charge on any atom is 0.179 e. The molecular formula is C13H9FN2O. The van der Waals surface area contributed by atoms with Crippen molar-refractivity contribution in [3.8, 4) is 0 Å². The molecule has 0 spiro atoms. The van der Waals surface area contributed by atoms with Crippen molar-refractivity contribution >= 4 is 22.3 Å². The van der Waals surface area contributed by atoms with Crippen molar-refractivity contribution in [2.24, 2.45) is 0 Å². The largest absolute Gasteiger partial charge is 0.296 e. The van der Waals surface area contributed by atoms with Crippen molar-refractivity contribution in [3.63, 3.8) is 0 Å². The summed E-state index contributed by atoms with van der Waals surface area (Å²) in [5.74, 6) is -0.446. The molecule has 3 rings (SSSR count). The summed E-state index contributed by atoms with van der Waals surface area (Å²) in [5, 5.41) is 0.782. The van der Waals surface area contributed by atoms with Gasteiger partial charge in [0.1, 0.15) is 17.2 Å². The van der Waals surface area contributed by atoms with E-state index in [-0.39, 0.29) is 11.6 Å². The number of ketones is 1. The number of aromatic nitrogens is 2. The fraction of sp³-hybridized carbons (Fsp3) is 0.0769. The zero-order valence-corrected chi connectivity index (χ0v) is 9.14. The van der Waals surface area contributed by atoms with E-state index in [0.717, 1.165) is 5.39 Å². The number of carbonyl (C=O) groups excluding carboxylic acids is 1. The second-order valence-electron chi connectivity index (χ2n) is 3.92. The van der Waals surface area contributed by atoms with Crippen LogP contribution in [0.3, 0.4) is 0 Å². The Morgan fingerprint density at radius 2 is 2.12 bits per heavy atom. The highest BCUT2D eigenvalue weighted by Crippen LogP contribution is 2.20. The molecule has 0 amide bonds. The molecule has 0 bridgehead atoms. The summed E-state index contributed by atoms with van der Waals surface area (Å²) in [4.78, 5) is 15.4. The van der Waals surface area contributed by atoms with Crippen LogP contribution in [0.15, 0.2) is 36.5 Å². The molecule has 3 aromatic rings. The highest BCUT2D eigenvalue weighted by atomic mass is 19.1. The quantitative estimate of drug-likeness (QED) is 0.600. The van der Waals surface area contributed by atoms with E-state index in [1.807, 2.05) is 6.07 Å². The molecule has 0 aliphatic carbocycles. The lowest BCUT2D eigenvalue weighted by atomic mass is 10.2. The second kappa shape index (κ2) is 3.38. The molecule has 0 aliphatic rings. The van der Waals surface area contributed by atoms with E-state index >= 15 is 0 Å². The lowest BCUT2D eigenvalue weighted by Gasteiger charge is -2.02. The van der Waals surface area contributed by atoms with Crippen LogP contribution in [0.5, 0.6) is 0 Å². The molecule has 2 aromatic heterocycles. The van der Waals surface area contributed by atoms with E-state index in [1.54, 1.807) is 28.8 Å². The number of Topliss-reactive ketones (excluding diaryl/α,β-unsaturated/α-hetero) is 1. The second-order valence-corrected chi connectivity index (χ2v) is 3.92. The number of halogens is 1. The highest BCUT2D eigenvalue weighted by molar-refractivity contribution is 5.93. The van der Waals surface area contributed by atoms with Gasteiger partial charge in [-0.2, -0.15) is 0 Å². The molecule has 0 unspecified atom stereocenters. The van der Waals surface area contributed by atoms with Crippen LogP contribution in [-0.4, -0.2) is 15.2 Å². The Kier molecular flexibility index (Phi) is 1.98. The van der Waals surface area contributed by atoms with Crippen LogP contribution in [0.1, 0.15) is 17.4 Å². The monoisotopic (exact) mass is 228 g/mol. The van der Waals surface area contributed by atoms with E-state index in [4.69, 9.17) is 0 Å². The van der Waals surface area contributed by atoms with Gasteiger partial charge in [-0.3, -0.25) is 9.20 Å². The Hall–Kier alpha value is -2.23. The van der Waals surface area contributed by atoms with Gasteiger partial charge in [0.15, 0.2) is 5.78 Å². The molecule has 0 aliphatic heterocycles. The van der Waals surface area contributed by atoms with Gasteiger partial charge in [0.2, 0.25) is 0 Å². The Bertz CT molecular complexity index is 746. The summed E-state index contributed by atoms with van der Waals surface area (Å²) >= 11 is 0. The lowest BCUT2D eigenvalue weighted by Crippen LogP contribution is -1.91. The third kappa shape index (κ3) is 1.41. The number of hydrogen-bond acceptors (Lipinski definition) is 2. The van der Waals surface area contributed by atoms with Gasteiger partial charge in [-0.1, -0.05) is 12.1 Å². The predicted molar refractivity (Wildman–Crippen MR) is 62.7 cm³/mol. The molecule has 0 saturated carbocycles. The first kappa shape index (κ1) is 9.96. The molecule has 0 N–H and O–H groups in total. The molecule has 17 heavy (non-hydrogen) atoms. The van der Waals surface area contributed by atoms with Gasteiger partial charge >= 0.3 is 0 Å². The summed E-state index contributed by atoms with van der Waals surface area (Å²) in [6.07, 6.45) is 1.57. The van der Waals surface area contributed by atoms with Gasteiger partial charge in [0.25, 0.3) is 0 Å². The van der Waals surface area contributed by atoms with Crippen LogP contribution in [0, 0.1) is 5.82 Å². The topological polar surface area (TPSA) is 34.4 Å². The van der Waals surface area contributed by atoms with Crippen molar-refractivity contribution in [2.45, 2.75) is 6.92 Å². The standard InChI is InChI=1S/C13H9FN2O/c1-8(17)11-7-16-12(15-11)6-5-9-3-2-4-10(14)13(9)16/h2-7H,1H3. The fourth-order valence-electron chi connectivity index (χ4n) is 1.95. The maximum absolute atomic E-state index is 13.8. The van der Waals surface area contributed by atoms with Gasteiger partial charge in [-0.25, -0.2) is 9.37 Å². The summed E-state index contributed by atoms with van der Waals surface area (Å²) in [7, 11) is 0. The normalized spacial score (nSPS) is 11.2. The molecule has 0 fully saturated rings. The van der Waals surface area contributed by atoms with Crippen LogP contribution >= 0.6 is 0 Å². The first-order valence-electron chi connectivity index (χ1n) is 5.24. The van der Waals surface area contributed by atoms with E-state index in [1.165, 1.54) is 13.0 Å². The number of hydrogen-bond donors (Lipinski definition) is 0. The van der Waals surface area contributed by atoms with Crippen molar-refractivity contribution < 1.29 is 9.18 Å². The third-order valence-corrected chi connectivity index (χ3v) is 2.76. The maximum atomic E-state index is 13.8. The number of benzene rings is 1. The van der Waals surface area contributed by atoms with E-state index < -0.39 is 0 Å². The van der Waals surface area contributed by atoms with Crippen molar-refractivity contribution in [1.82, 2.24) is 9.38 Å². The van der Waals surface area contributed by atoms with E-state index in [9.17, 15) is 9.18 Å². The highest BCUT2D eigenvalue weighted by Gasteiger charge is 2.10. The van der Waals surface area contributed by atoms with Gasteiger partial charge in [0, 0.05) is 18.5 Å². The molecule has 0 radical (unpaired) electrons. The summed E-state index contributed by atoms with van der Waals surface area (Å²) in [6.45, 7) is 1.44. The summed E-state index contributed by atoms with van der Waals surface area (Å²) in [5.41, 5.74) is 1.37. The molecule has 2 heterocycles. The number of fused-ring (bicyclic) bond motifs is 3. The van der Waals surface area contributed by atoms with Gasteiger partial charge in [0.05, 0.1) is 5.52 Å². The number of rotatable bonds is 1. The average molecular weight is 228 g/mol. The predicted octanol–water partition coefficient (Wildman–Crippen LogP) is 2.83. The fourth-order valence-corrected chi connectivity index (χ4v) is 1.95. The van der Waals surface area contributed by atoms with Crippen LogP contribution in [0.2, 0.25) is 0 Å². The van der Waals surface area contributed by atoms with Gasteiger partial charge in [-0.05, 0) is 18.2 Å². The first-order chi connectivity index (χ1) is 8.16. The Morgan fingerprint density at radius 3 is 2.88 bits per heavy atom.